The Bertz CT molecular complexity index is 655. The van der Waals surface area contributed by atoms with Gasteiger partial charge in [-0.2, -0.15) is 0 Å². The molecule has 1 amide bonds. The minimum absolute atomic E-state index is 0.0716. The molecule has 4 rings (SSSR count). The Balaban J connectivity index is 1.52. The van der Waals surface area contributed by atoms with Gasteiger partial charge < -0.3 is 15.0 Å². The summed E-state index contributed by atoms with van der Waals surface area (Å²) in [5.74, 6) is 0.209. The molecule has 148 valence electrons. The van der Waals surface area contributed by atoms with Crippen LogP contribution in [-0.4, -0.2) is 84.8 Å². The van der Waals surface area contributed by atoms with Gasteiger partial charge >= 0.3 is 0 Å². The molecule has 0 radical (unpaired) electrons. The third-order valence-corrected chi connectivity index (χ3v) is 6.74. The number of amides is 1. The first-order valence-corrected chi connectivity index (χ1v) is 10.2. The maximum atomic E-state index is 12.7. The molecule has 3 aliphatic heterocycles. The van der Waals surface area contributed by atoms with Crippen molar-refractivity contribution < 1.29 is 9.53 Å². The number of hydrogen-bond acceptors (Lipinski definition) is 5. The van der Waals surface area contributed by atoms with Crippen LogP contribution in [0.5, 0.6) is 0 Å². The molecule has 0 saturated carbocycles. The van der Waals surface area contributed by atoms with Crippen LogP contribution >= 0.6 is 0 Å². The average Bonchev–Trinajstić information content (AvgIpc) is 2.95. The Hall–Kier alpha value is -1.47. The molecule has 6 heteroatoms. The van der Waals surface area contributed by atoms with Crippen molar-refractivity contribution in [3.8, 4) is 0 Å². The van der Waals surface area contributed by atoms with Gasteiger partial charge in [0.2, 0.25) is 5.91 Å². The number of nitrogens with zero attached hydrogens (tertiary/aromatic N) is 3. The molecule has 0 aliphatic carbocycles. The number of fused-ring (bicyclic) bond motifs is 1. The minimum atomic E-state index is -0.333. The van der Waals surface area contributed by atoms with Crippen LogP contribution in [0.2, 0.25) is 0 Å². The first-order valence-electron chi connectivity index (χ1n) is 10.2. The number of hydrogen-bond donors (Lipinski definition) is 1. The van der Waals surface area contributed by atoms with Crippen molar-refractivity contribution in [2.24, 2.45) is 0 Å². The van der Waals surface area contributed by atoms with Gasteiger partial charge in [0.1, 0.15) is 5.66 Å². The van der Waals surface area contributed by atoms with E-state index in [2.05, 4.69) is 57.3 Å². The number of rotatable bonds is 5. The highest BCUT2D eigenvalue weighted by atomic mass is 16.5. The summed E-state index contributed by atoms with van der Waals surface area (Å²) in [4.78, 5) is 20.0. The van der Waals surface area contributed by atoms with E-state index in [-0.39, 0.29) is 17.1 Å². The van der Waals surface area contributed by atoms with Crippen molar-refractivity contribution >= 4 is 5.91 Å². The normalized spacial score (nSPS) is 28.7. The van der Waals surface area contributed by atoms with Crippen LogP contribution in [0.3, 0.4) is 0 Å². The predicted octanol–water partition coefficient (Wildman–Crippen LogP) is 1.13. The second kappa shape index (κ2) is 7.51. The molecule has 1 N–H and O–H groups in total. The first-order chi connectivity index (χ1) is 13.1. The molecule has 1 atom stereocenters. The highest BCUT2D eigenvalue weighted by molar-refractivity contribution is 5.80. The summed E-state index contributed by atoms with van der Waals surface area (Å²) < 4.78 is 5.61. The molecular weight excluding hydrogens is 340 g/mol. The molecule has 3 aliphatic rings. The van der Waals surface area contributed by atoms with E-state index in [1.54, 1.807) is 7.11 Å². The molecule has 1 spiro atoms. The smallest absolute Gasteiger partial charge is 0.238 e. The summed E-state index contributed by atoms with van der Waals surface area (Å²) in [6.07, 6.45) is 2.20. The fourth-order valence-corrected chi connectivity index (χ4v) is 5.56. The van der Waals surface area contributed by atoms with Gasteiger partial charge in [-0.15, -0.1) is 0 Å². The van der Waals surface area contributed by atoms with Gasteiger partial charge in [-0.25, -0.2) is 0 Å². The largest absolute Gasteiger partial charge is 0.381 e. The molecule has 0 bridgehead atoms. The Morgan fingerprint density at radius 1 is 1.19 bits per heavy atom. The van der Waals surface area contributed by atoms with Crippen molar-refractivity contribution in [2.75, 3.05) is 53.0 Å². The van der Waals surface area contributed by atoms with Crippen LogP contribution < -0.4 is 5.32 Å². The van der Waals surface area contributed by atoms with Crippen LogP contribution in [-0.2, 0) is 16.1 Å². The molecule has 3 fully saturated rings. The molecule has 1 aromatic carbocycles. The third-order valence-electron chi connectivity index (χ3n) is 6.74. The molecule has 1 aromatic rings. The minimum Gasteiger partial charge on any atom is -0.381 e. The number of ether oxygens (including phenoxy) is 1. The van der Waals surface area contributed by atoms with E-state index in [9.17, 15) is 4.79 Å². The fourth-order valence-electron chi connectivity index (χ4n) is 5.56. The Morgan fingerprint density at radius 3 is 2.59 bits per heavy atom. The van der Waals surface area contributed by atoms with E-state index in [0.29, 0.717) is 13.2 Å². The number of methoxy groups -OCH3 is 1. The van der Waals surface area contributed by atoms with Crippen LogP contribution in [0.1, 0.15) is 25.3 Å². The molecule has 3 saturated heterocycles. The van der Waals surface area contributed by atoms with E-state index in [0.717, 1.165) is 52.1 Å². The van der Waals surface area contributed by atoms with Gasteiger partial charge in [-0.3, -0.25) is 14.6 Å². The van der Waals surface area contributed by atoms with E-state index >= 15 is 0 Å². The zero-order chi connectivity index (χ0) is 18.9. The Morgan fingerprint density at radius 2 is 1.93 bits per heavy atom. The lowest BCUT2D eigenvalue weighted by atomic mass is 9.85. The number of piperazine rings is 1. The van der Waals surface area contributed by atoms with E-state index in [1.807, 2.05) is 0 Å². The van der Waals surface area contributed by atoms with E-state index in [4.69, 9.17) is 4.74 Å². The number of likely N-dealkylation sites (tertiary alicyclic amines) is 1. The highest BCUT2D eigenvalue weighted by Crippen LogP contribution is 2.44. The second-order valence-electron chi connectivity index (χ2n) is 8.23. The zero-order valence-electron chi connectivity index (χ0n) is 16.6. The molecule has 0 aromatic heterocycles. The standard InChI is InChI=1S/C21H32N4O2/c1-3-25-20(16-24-19(26)13-22-15-21(24,25)17-27-2)9-11-23(12-10-20)14-18-7-5-4-6-8-18/h4-8,22H,3,9-17H2,1-2H3. The van der Waals surface area contributed by atoms with E-state index in [1.165, 1.54) is 5.56 Å². The molecular formula is C21H32N4O2. The number of carbonyl (C=O) groups excluding carboxylic acids is 1. The molecule has 27 heavy (non-hydrogen) atoms. The number of nitrogens with one attached hydrogen (secondary N) is 1. The van der Waals surface area contributed by atoms with Gasteiger partial charge in [0.05, 0.1) is 13.2 Å². The monoisotopic (exact) mass is 372 g/mol. The summed E-state index contributed by atoms with van der Waals surface area (Å²) in [5.41, 5.74) is 1.11. The number of likely N-dealkylation sites (N-methyl/N-ethyl adjacent to an activating group) is 1. The quantitative estimate of drug-likeness (QED) is 0.840. The van der Waals surface area contributed by atoms with Crippen LogP contribution in [0, 0.1) is 0 Å². The lowest BCUT2D eigenvalue weighted by Gasteiger charge is -2.50. The van der Waals surface area contributed by atoms with Gasteiger partial charge in [0.15, 0.2) is 0 Å². The van der Waals surface area contributed by atoms with Crippen LogP contribution in [0.15, 0.2) is 30.3 Å². The molecule has 6 nitrogen and oxygen atoms in total. The third kappa shape index (κ3) is 3.18. The van der Waals surface area contributed by atoms with Crippen molar-refractivity contribution in [1.82, 2.24) is 20.0 Å². The molecule has 3 heterocycles. The topological polar surface area (TPSA) is 48.0 Å². The predicted molar refractivity (Wildman–Crippen MR) is 105 cm³/mol. The Kier molecular flexibility index (Phi) is 5.25. The van der Waals surface area contributed by atoms with Crippen molar-refractivity contribution in [1.29, 1.82) is 0 Å². The lowest BCUT2D eigenvalue weighted by Crippen LogP contribution is -2.69. The summed E-state index contributed by atoms with van der Waals surface area (Å²) in [5, 5.41) is 3.34. The van der Waals surface area contributed by atoms with Gasteiger partial charge in [0, 0.05) is 45.4 Å². The average molecular weight is 373 g/mol. The number of piperidine rings is 1. The number of carbonyl (C=O) groups is 1. The molecule has 1 unspecified atom stereocenters. The lowest BCUT2D eigenvalue weighted by molar-refractivity contribution is -0.149. The van der Waals surface area contributed by atoms with Crippen molar-refractivity contribution in [3.05, 3.63) is 35.9 Å². The second-order valence-corrected chi connectivity index (χ2v) is 8.23. The fraction of sp³-hybridized carbons (Fsp3) is 0.667. The summed E-state index contributed by atoms with van der Waals surface area (Å²) >= 11 is 0. The van der Waals surface area contributed by atoms with E-state index < -0.39 is 0 Å². The van der Waals surface area contributed by atoms with Gasteiger partial charge in [0.25, 0.3) is 0 Å². The maximum Gasteiger partial charge on any atom is 0.238 e. The zero-order valence-corrected chi connectivity index (χ0v) is 16.6. The van der Waals surface area contributed by atoms with Crippen molar-refractivity contribution in [2.45, 2.75) is 37.5 Å². The van der Waals surface area contributed by atoms with Crippen molar-refractivity contribution in [3.63, 3.8) is 0 Å². The van der Waals surface area contributed by atoms with Crippen LogP contribution in [0.25, 0.3) is 0 Å². The van der Waals surface area contributed by atoms with Crippen LogP contribution in [0.4, 0.5) is 0 Å². The summed E-state index contributed by atoms with van der Waals surface area (Å²) in [7, 11) is 1.74. The highest BCUT2D eigenvalue weighted by Gasteiger charge is 2.61. The maximum absolute atomic E-state index is 12.7. The summed E-state index contributed by atoms with van der Waals surface area (Å²) in [6, 6.07) is 10.7. The van der Waals surface area contributed by atoms with Gasteiger partial charge in [-0.1, -0.05) is 37.3 Å². The SMILES string of the molecule is CCN1C2(CCN(Cc3ccccc3)CC2)CN2C(=O)CNCC21COC. The first kappa shape index (κ1) is 18.9. The number of benzene rings is 1. The Labute approximate surface area is 162 Å². The van der Waals surface area contributed by atoms with Gasteiger partial charge in [-0.05, 0) is 24.9 Å². The summed E-state index contributed by atoms with van der Waals surface area (Å²) in [6.45, 7) is 8.95.